The summed E-state index contributed by atoms with van der Waals surface area (Å²) in [5.74, 6) is -0.376. The number of likely N-dealkylation sites (tertiary alicyclic amines) is 1. The van der Waals surface area contributed by atoms with Crippen LogP contribution in [0, 0.1) is 18.3 Å². The molecule has 0 saturated carbocycles. The Morgan fingerprint density at radius 1 is 1.01 bits per heavy atom. The number of β-amino-alcohol motifs (C(OH)–C–C–N with tert-alkyl or cyclic N) is 1. The van der Waals surface area contributed by atoms with Gasteiger partial charge in [0.1, 0.15) is 17.3 Å². The number of likely N-dealkylation sites (N-methyl/N-ethyl adjacent to an activating group) is 1. The normalized spacial score (nSPS) is 18.0. The lowest BCUT2D eigenvalue weighted by molar-refractivity contribution is -0.145. The first-order valence-electron chi connectivity index (χ1n) is 23.6. The maximum atomic E-state index is 14.1. The standard InChI is InChI=1S/C51H58F3N9O8S2/c1-31(33-8-10-34(11-9-33)44-32(2)56-30-73-44)58-45(66)43-25-39(65)28-60(43)47(67)46(59(5)6)61-29-41(27-57-61)70-21-7-20-69-22-18-38(64)19-23-71-40-16-14-36(15-17-40)63-49(72)62(48(68)50(63,3)4)37-13-12-35(26-55)42(24-37)51(52,53)54/h8-17,24,27,29-31,38-39,43,46,64-65H,7,18-23,25,28H2,1-6H3,(H,58,66)/t31-,38?,39+,43-,46+/m0/s1. The van der Waals surface area contributed by atoms with Gasteiger partial charge in [-0.15, -0.1) is 11.3 Å². The average molecular weight is 1050 g/mol. The van der Waals surface area contributed by atoms with Crippen LogP contribution >= 0.6 is 23.6 Å². The third-order valence-corrected chi connectivity index (χ3v) is 14.0. The summed E-state index contributed by atoms with van der Waals surface area (Å²) >= 11 is 7.19. The third-order valence-electron chi connectivity index (χ3n) is 12.6. The number of carbonyl (C=O) groups is 3. The summed E-state index contributed by atoms with van der Waals surface area (Å²) in [4.78, 5) is 52.4. The van der Waals surface area contributed by atoms with Crippen LogP contribution in [0.1, 0.15) is 81.0 Å². The number of aryl methyl sites for hydroxylation is 1. The summed E-state index contributed by atoms with van der Waals surface area (Å²) in [7, 11) is 3.46. The highest BCUT2D eigenvalue weighted by Gasteiger charge is 2.51. The molecule has 22 heteroatoms. The molecule has 2 saturated heterocycles. The van der Waals surface area contributed by atoms with Crippen LogP contribution in [-0.4, -0.2) is 128 Å². The SMILES string of the molecule is Cc1ncsc1-c1ccc([C@H](C)NC(=O)[C@@H]2C[C@@H](O)CN2C(=O)[C@H](N(C)C)n2cc(OCCCOCCC(O)CCOc3ccc(N4C(=S)N(c5ccc(C#N)c(C(F)(F)F)c5)C(=O)C4(C)C)cc3)cn2)cc1. The second kappa shape index (κ2) is 23.2. The Labute approximate surface area is 430 Å². The van der Waals surface area contributed by atoms with Gasteiger partial charge in [0.2, 0.25) is 5.91 Å². The molecular weight excluding hydrogens is 988 g/mol. The van der Waals surface area contributed by atoms with Gasteiger partial charge in [-0.1, -0.05) is 24.3 Å². The topological polar surface area (TPSA) is 199 Å². The van der Waals surface area contributed by atoms with Crippen molar-refractivity contribution < 1.29 is 52.0 Å². The minimum Gasteiger partial charge on any atom is -0.493 e. The number of alkyl halides is 3. The summed E-state index contributed by atoms with van der Waals surface area (Å²) in [6.07, 6.45) is -2.86. The van der Waals surface area contributed by atoms with Crippen molar-refractivity contribution in [1.29, 1.82) is 5.26 Å². The van der Waals surface area contributed by atoms with Crippen molar-refractivity contribution in [2.45, 2.75) is 95.6 Å². The maximum absolute atomic E-state index is 14.1. The summed E-state index contributed by atoms with van der Waals surface area (Å²) < 4.78 is 60.1. The molecule has 7 rings (SSSR count). The largest absolute Gasteiger partial charge is 0.493 e. The van der Waals surface area contributed by atoms with Gasteiger partial charge in [-0.2, -0.15) is 23.5 Å². The summed E-state index contributed by atoms with van der Waals surface area (Å²) in [6.45, 7) is 8.22. The highest BCUT2D eigenvalue weighted by atomic mass is 32.1. The van der Waals surface area contributed by atoms with Crippen LogP contribution in [0.4, 0.5) is 24.5 Å². The quantitative estimate of drug-likeness (QED) is 0.0500. The number of ether oxygens (including phenoxy) is 3. The van der Waals surface area contributed by atoms with E-state index in [-0.39, 0.29) is 42.3 Å². The van der Waals surface area contributed by atoms with Gasteiger partial charge in [-0.25, -0.2) is 9.67 Å². The number of rotatable bonds is 21. The molecule has 0 bridgehead atoms. The number of nitriles is 1. The van der Waals surface area contributed by atoms with Crippen LogP contribution in [0.3, 0.4) is 0 Å². The first-order chi connectivity index (χ1) is 34.7. The Bertz CT molecular complexity index is 2800. The predicted octanol–water partition coefficient (Wildman–Crippen LogP) is 7.03. The van der Waals surface area contributed by atoms with Gasteiger partial charge in [0.15, 0.2) is 17.0 Å². The van der Waals surface area contributed by atoms with E-state index in [1.54, 1.807) is 85.6 Å². The lowest BCUT2D eigenvalue weighted by atomic mass is 10.0. The number of aliphatic hydroxyl groups is 2. The fourth-order valence-corrected chi connectivity index (χ4v) is 10.1. The van der Waals surface area contributed by atoms with E-state index in [4.69, 9.17) is 26.4 Å². The second-order valence-electron chi connectivity index (χ2n) is 18.6. The molecule has 2 aromatic heterocycles. The predicted molar refractivity (Wildman–Crippen MR) is 271 cm³/mol. The van der Waals surface area contributed by atoms with E-state index in [1.807, 2.05) is 43.6 Å². The number of aromatic nitrogens is 3. The molecule has 3 N–H and O–H groups in total. The monoisotopic (exact) mass is 1050 g/mol. The minimum absolute atomic E-state index is 0.000900. The van der Waals surface area contributed by atoms with E-state index >= 15 is 0 Å². The number of halogens is 3. The van der Waals surface area contributed by atoms with Gasteiger partial charge < -0.3 is 39.5 Å². The molecule has 5 atom stereocenters. The number of anilines is 2. The van der Waals surface area contributed by atoms with Crippen LogP contribution in [0.2, 0.25) is 0 Å². The van der Waals surface area contributed by atoms with Crippen LogP contribution in [-0.2, 0) is 25.3 Å². The maximum Gasteiger partial charge on any atom is 0.417 e. The average Bonchev–Trinajstić information content (AvgIpc) is 4.13. The molecule has 2 aliphatic heterocycles. The number of hydrogen-bond acceptors (Lipinski definition) is 14. The molecule has 1 unspecified atom stereocenters. The van der Waals surface area contributed by atoms with Crippen LogP contribution in [0.15, 0.2) is 84.6 Å². The molecule has 3 amide bonds. The highest BCUT2D eigenvalue weighted by Crippen LogP contribution is 2.40. The fourth-order valence-electron chi connectivity index (χ4n) is 8.73. The second-order valence-corrected chi connectivity index (χ2v) is 19.8. The number of aliphatic hydroxyl groups excluding tert-OH is 2. The van der Waals surface area contributed by atoms with E-state index in [0.717, 1.165) is 38.7 Å². The van der Waals surface area contributed by atoms with Crippen LogP contribution in [0.5, 0.6) is 11.5 Å². The molecule has 2 aliphatic rings. The molecule has 4 heterocycles. The summed E-state index contributed by atoms with van der Waals surface area (Å²) in [5.41, 5.74) is 2.13. The Morgan fingerprint density at radius 3 is 2.36 bits per heavy atom. The zero-order valence-corrected chi connectivity index (χ0v) is 42.8. The molecule has 0 aliphatic carbocycles. The number of nitrogens with zero attached hydrogens (tertiary/aromatic N) is 8. The van der Waals surface area contributed by atoms with Crippen molar-refractivity contribution in [3.05, 3.63) is 107 Å². The third kappa shape index (κ3) is 12.5. The Morgan fingerprint density at radius 2 is 1.70 bits per heavy atom. The lowest BCUT2D eigenvalue weighted by Gasteiger charge is -2.31. The molecule has 3 aromatic carbocycles. The van der Waals surface area contributed by atoms with Gasteiger partial charge in [0, 0.05) is 44.7 Å². The Kier molecular flexibility index (Phi) is 17.2. The number of nitrogens with one attached hydrogen (secondary N) is 1. The van der Waals surface area contributed by atoms with Crippen LogP contribution < -0.4 is 24.6 Å². The van der Waals surface area contributed by atoms with Crippen LogP contribution in [0.25, 0.3) is 10.4 Å². The van der Waals surface area contributed by atoms with E-state index in [0.29, 0.717) is 56.3 Å². The minimum atomic E-state index is -4.81. The summed E-state index contributed by atoms with van der Waals surface area (Å²) in [6, 6.07) is 17.9. The molecule has 0 radical (unpaired) electrons. The Balaban J connectivity index is 0.809. The molecule has 2 fully saturated rings. The van der Waals surface area contributed by atoms with Crippen molar-refractivity contribution in [2.75, 3.05) is 56.9 Å². The highest BCUT2D eigenvalue weighted by molar-refractivity contribution is 7.81. The molecule has 73 heavy (non-hydrogen) atoms. The van der Waals surface area contributed by atoms with Crippen molar-refractivity contribution in [2.24, 2.45) is 0 Å². The van der Waals surface area contributed by atoms with E-state index in [2.05, 4.69) is 15.4 Å². The number of thiocarbonyl (C=S) groups is 1. The molecular formula is C51H58F3N9O8S2. The lowest BCUT2D eigenvalue weighted by Crippen LogP contribution is -2.51. The van der Waals surface area contributed by atoms with Gasteiger partial charge >= 0.3 is 6.18 Å². The number of hydrogen-bond donors (Lipinski definition) is 3. The molecule has 5 aromatic rings. The number of carbonyl (C=O) groups excluding carboxylic acids is 3. The first kappa shape index (κ1) is 54.3. The molecule has 388 valence electrons. The zero-order chi connectivity index (χ0) is 52.8. The van der Waals surface area contributed by atoms with Gasteiger partial charge in [-0.3, -0.25) is 24.2 Å². The molecule has 17 nitrogen and oxygen atoms in total. The van der Waals surface area contributed by atoms with Crippen molar-refractivity contribution >= 4 is 57.8 Å². The first-order valence-corrected chi connectivity index (χ1v) is 24.9. The van der Waals surface area contributed by atoms with Gasteiger partial charge in [0.05, 0.1) is 82.8 Å². The van der Waals surface area contributed by atoms with Crippen molar-refractivity contribution in [1.82, 2.24) is 29.9 Å². The fraction of sp³-hybridized carbons (Fsp3) is 0.431. The smallest absolute Gasteiger partial charge is 0.417 e. The number of amides is 3. The number of benzene rings is 3. The van der Waals surface area contributed by atoms with E-state index in [9.17, 15) is 43.0 Å². The summed E-state index contributed by atoms with van der Waals surface area (Å²) in [5, 5.41) is 37.8. The van der Waals surface area contributed by atoms with Gasteiger partial charge in [0.25, 0.3) is 11.8 Å². The Hall–Kier alpha value is -6.48. The van der Waals surface area contributed by atoms with Crippen molar-refractivity contribution in [3.63, 3.8) is 0 Å². The molecule has 0 spiro atoms. The van der Waals surface area contributed by atoms with E-state index < -0.39 is 59.1 Å². The zero-order valence-electron chi connectivity index (χ0n) is 41.2. The van der Waals surface area contributed by atoms with Gasteiger partial charge in [-0.05, 0) is 114 Å². The number of thiazole rings is 1. The van der Waals surface area contributed by atoms with E-state index in [1.165, 1.54) is 21.8 Å². The van der Waals surface area contributed by atoms with Crippen molar-refractivity contribution in [3.8, 4) is 28.0 Å².